The average Bonchev–Trinajstić information content (AvgIpc) is 2.63. The van der Waals surface area contributed by atoms with Crippen LogP contribution in [0.25, 0.3) is 0 Å². The van der Waals surface area contributed by atoms with Crippen molar-refractivity contribution in [1.82, 2.24) is 4.98 Å². The lowest BCUT2D eigenvalue weighted by Gasteiger charge is -2.30. The quantitative estimate of drug-likeness (QED) is 0.656. The van der Waals surface area contributed by atoms with E-state index in [1.54, 1.807) is 0 Å². The monoisotopic (exact) mass is 379 g/mol. The van der Waals surface area contributed by atoms with Gasteiger partial charge in [0, 0.05) is 17.2 Å². The third-order valence-corrected chi connectivity index (χ3v) is 4.16. The Labute approximate surface area is 142 Å². The van der Waals surface area contributed by atoms with Gasteiger partial charge >= 0.3 is 11.8 Å². The van der Waals surface area contributed by atoms with Crippen molar-refractivity contribution in [3.8, 4) is 11.5 Å². The normalized spacial score (nSPS) is 23.1. The third-order valence-electron chi connectivity index (χ3n) is 4.16. The first-order valence-electron chi connectivity index (χ1n) is 7.13. The van der Waals surface area contributed by atoms with Gasteiger partial charge in [0.2, 0.25) is 0 Å². The first-order valence-corrected chi connectivity index (χ1v) is 7.13. The number of rotatable bonds is 3. The zero-order chi connectivity index (χ0) is 19.5. The van der Waals surface area contributed by atoms with Crippen molar-refractivity contribution >= 4 is 7.85 Å². The molecule has 0 spiro atoms. The maximum absolute atomic E-state index is 14.0. The fourth-order valence-electron chi connectivity index (χ4n) is 2.90. The summed E-state index contributed by atoms with van der Waals surface area (Å²) in [5.41, 5.74) is -7.64. The van der Waals surface area contributed by atoms with Gasteiger partial charge in [0.25, 0.3) is 6.43 Å². The van der Waals surface area contributed by atoms with E-state index in [1.807, 2.05) is 0 Å². The molecule has 1 atom stereocenters. The molecule has 11 heteroatoms. The van der Waals surface area contributed by atoms with E-state index in [2.05, 4.69) is 4.98 Å². The van der Waals surface area contributed by atoms with Crippen LogP contribution in [0.4, 0.5) is 30.7 Å². The van der Waals surface area contributed by atoms with Crippen molar-refractivity contribution in [2.75, 3.05) is 0 Å². The molecule has 0 saturated carbocycles. The van der Waals surface area contributed by atoms with Gasteiger partial charge in [-0.25, -0.2) is 13.2 Å². The van der Waals surface area contributed by atoms with Gasteiger partial charge < -0.3 is 9.84 Å². The summed E-state index contributed by atoms with van der Waals surface area (Å²) in [5, 5.41) is 9.98. The zero-order valence-corrected chi connectivity index (χ0v) is 12.9. The van der Waals surface area contributed by atoms with Crippen LogP contribution in [-0.2, 0) is 11.4 Å². The van der Waals surface area contributed by atoms with Crippen molar-refractivity contribution in [2.24, 2.45) is 0 Å². The summed E-state index contributed by atoms with van der Waals surface area (Å²) in [6.45, 7) is 0. The molecule has 3 rings (SSSR count). The standard InChI is InChI=1S/C15H9BF7NO2/c16-13(25)11-8(14(20,21)15(13,22)23)1-2-9(10(11)12(18)19)26-7-3-6(17)4-24-5-7/h1-5,12,25H,16H2/t13-/m0/s1. The van der Waals surface area contributed by atoms with E-state index < -0.39 is 52.0 Å². The van der Waals surface area contributed by atoms with Crippen molar-refractivity contribution in [3.05, 3.63) is 53.1 Å². The molecule has 0 radical (unpaired) electrons. The summed E-state index contributed by atoms with van der Waals surface area (Å²) in [7, 11) is 0.326. The van der Waals surface area contributed by atoms with Crippen LogP contribution in [0.5, 0.6) is 11.5 Å². The molecule has 2 aromatic rings. The Morgan fingerprint density at radius 3 is 2.35 bits per heavy atom. The molecule has 0 aliphatic heterocycles. The van der Waals surface area contributed by atoms with E-state index in [0.717, 1.165) is 18.5 Å². The lowest BCUT2D eigenvalue weighted by atomic mass is 9.73. The Kier molecular flexibility index (Phi) is 3.98. The highest BCUT2D eigenvalue weighted by molar-refractivity contribution is 6.16. The highest BCUT2D eigenvalue weighted by atomic mass is 19.3. The minimum absolute atomic E-state index is 0.326. The highest BCUT2D eigenvalue weighted by Gasteiger charge is 2.74. The van der Waals surface area contributed by atoms with Gasteiger partial charge in [-0.05, 0) is 12.1 Å². The molecule has 0 amide bonds. The number of halogens is 7. The Balaban J connectivity index is 2.23. The number of aliphatic hydroxyl groups is 1. The number of hydrogen-bond donors (Lipinski definition) is 1. The minimum Gasteiger partial charge on any atom is -0.455 e. The number of hydrogen-bond acceptors (Lipinski definition) is 3. The SMILES string of the molecule is B[C@]1(O)c2c(ccc(Oc3cncc(F)c3)c2C(F)F)C(F)(F)C1(F)F. The van der Waals surface area contributed by atoms with E-state index in [0.29, 0.717) is 20.0 Å². The molecule has 0 fully saturated rings. The summed E-state index contributed by atoms with van der Waals surface area (Å²) in [6, 6.07) is 1.88. The number of ether oxygens (including phenoxy) is 1. The largest absolute Gasteiger partial charge is 0.455 e. The molecule has 3 nitrogen and oxygen atoms in total. The van der Waals surface area contributed by atoms with Crippen LogP contribution >= 0.6 is 0 Å². The molecule has 138 valence electrons. The van der Waals surface area contributed by atoms with Crippen LogP contribution in [0, 0.1) is 5.82 Å². The molecule has 1 aliphatic carbocycles. The molecule has 1 N–H and O–H groups in total. The predicted octanol–water partition coefficient (Wildman–Crippen LogP) is 3.47. The Morgan fingerprint density at radius 2 is 1.77 bits per heavy atom. The molecular weight excluding hydrogens is 370 g/mol. The van der Waals surface area contributed by atoms with Crippen LogP contribution < -0.4 is 4.74 Å². The van der Waals surface area contributed by atoms with Gasteiger partial charge in [0.1, 0.15) is 22.8 Å². The van der Waals surface area contributed by atoms with Gasteiger partial charge in [0.15, 0.2) is 7.85 Å². The van der Waals surface area contributed by atoms with Gasteiger partial charge in [-0.2, -0.15) is 17.6 Å². The van der Waals surface area contributed by atoms with Crippen LogP contribution in [0.15, 0.2) is 30.6 Å². The van der Waals surface area contributed by atoms with E-state index in [9.17, 15) is 35.8 Å². The van der Waals surface area contributed by atoms with Crippen LogP contribution in [-0.4, -0.2) is 23.9 Å². The number of aromatic nitrogens is 1. The lowest BCUT2D eigenvalue weighted by molar-refractivity contribution is -0.260. The summed E-state index contributed by atoms with van der Waals surface area (Å²) in [4.78, 5) is 3.43. The van der Waals surface area contributed by atoms with Gasteiger partial charge in [-0.1, -0.05) is 0 Å². The van der Waals surface area contributed by atoms with Gasteiger partial charge in [-0.3, -0.25) is 4.98 Å². The third kappa shape index (κ3) is 2.37. The molecule has 1 heterocycles. The van der Waals surface area contributed by atoms with E-state index in [4.69, 9.17) is 4.74 Å². The van der Waals surface area contributed by atoms with Gasteiger partial charge in [0.05, 0.1) is 18.0 Å². The first kappa shape index (κ1) is 18.5. The van der Waals surface area contributed by atoms with E-state index in [-0.39, 0.29) is 5.75 Å². The second-order valence-electron chi connectivity index (χ2n) is 5.86. The average molecular weight is 379 g/mol. The predicted molar refractivity (Wildman–Crippen MR) is 76.9 cm³/mol. The summed E-state index contributed by atoms with van der Waals surface area (Å²) in [6.07, 6.45) is -1.78. The van der Waals surface area contributed by atoms with Crippen molar-refractivity contribution in [1.29, 1.82) is 0 Å². The summed E-state index contributed by atoms with van der Waals surface area (Å²) in [5.74, 6) is -11.9. The number of alkyl halides is 6. The Hall–Kier alpha value is -2.30. The fraction of sp³-hybridized carbons (Fsp3) is 0.267. The molecule has 1 aromatic heterocycles. The number of nitrogens with zero attached hydrogens (tertiary/aromatic N) is 1. The maximum Gasteiger partial charge on any atom is 0.338 e. The molecule has 0 unspecified atom stereocenters. The Morgan fingerprint density at radius 1 is 1.12 bits per heavy atom. The number of pyridine rings is 1. The van der Waals surface area contributed by atoms with Crippen molar-refractivity contribution in [3.63, 3.8) is 0 Å². The van der Waals surface area contributed by atoms with Gasteiger partial charge in [-0.15, -0.1) is 0 Å². The second kappa shape index (κ2) is 5.60. The highest BCUT2D eigenvalue weighted by Crippen LogP contribution is 2.61. The smallest absolute Gasteiger partial charge is 0.338 e. The topological polar surface area (TPSA) is 42.4 Å². The molecule has 0 saturated heterocycles. The van der Waals surface area contributed by atoms with Crippen LogP contribution in [0.2, 0.25) is 0 Å². The summed E-state index contributed by atoms with van der Waals surface area (Å²) < 4.78 is 101. The molecule has 1 aliphatic rings. The van der Waals surface area contributed by atoms with E-state index in [1.165, 1.54) is 0 Å². The lowest BCUT2D eigenvalue weighted by Crippen LogP contribution is -2.49. The minimum atomic E-state index is -5.02. The van der Waals surface area contributed by atoms with Crippen LogP contribution in [0.1, 0.15) is 23.1 Å². The number of fused-ring (bicyclic) bond motifs is 1. The zero-order valence-electron chi connectivity index (χ0n) is 12.9. The second-order valence-corrected chi connectivity index (χ2v) is 5.86. The molecule has 1 aromatic carbocycles. The van der Waals surface area contributed by atoms with Crippen molar-refractivity contribution in [2.45, 2.75) is 23.8 Å². The Bertz CT molecular complexity index is 873. The summed E-state index contributed by atoms with van der Waals surface area (Å²) >= 11 is 0. The molecule has 0 bridgehead atoms. The number of benzene rings is 1. The fourth-order valence-corrected chi connectivity index (χ4v) is 2.90. The first-order chi connectivity index (χ1) is 11.9. The maximum atomic E-state index is 14.0. The molecule has 26 heavy (non-hydrogen) atoms. The van der Waals surface area contributed by atoms with E-state index >= 15 is 0 Å². The van der Waals surface area contributed by atoms with Crippen LogP contribution in [0.3, 0.4) is 0 Å². The van der Waals surface area contributed by atoms with Crippen molar-refractivity contribution < 1.29 is 40.6 Å². The molecular formula is C15H9BF7NO2.